The number of thiazole rings is 1. The molecule has 0 radical (unpaired) electrons. The summed E-state index contributed by atoms with van der Waals surface area (Å²) in [6.45, 7) is 0. The molecule has 2 rings (SSSR count). The Hall–Kier alpha value is -1.21. The number of aromatic nitrogens is 3. The monoisotopic (exact) mass is 273 g/mol. The van der Waals surface area contributed by atoms with E-state index in [2.05, 4.69) is 31.1 Å². The molecule has 0 aliphatic rings. The van der Waals surface area contributed by atoms with Gasteiger partial charge in [-0.15, -0.1) is 11.3 Å². The molecule has 72 valence electrons. The number of aromatic carboxylic acids is 1. The lowest BCUT2D eigenvalue weighted by molar-refractivity contribution is 0.0698. The van der Waals surface area contributed by atoms with E-state index in [0.717, 1.165) is 3.79 Å². The average Bonchev–Trinajstić information content (AvgIpc) is 2.70. The van der Waals surface area contributed by atoms with Gasteiger partial charge in [-0.3, -0.25) is 5.10 Å². The molecule has 0 aromatic carbocycles. The minimum absolute atomic E-state index is 0.131. The second kappa shape index (κ2) is 3.50. The van der Waals surface area contributed by atoms with Gasteiger partial charge in [0, 0.05) is 0 Å². The van der Waals surface area contributed by atoms with Gasteiger partial charge in [0.05, 0.1) is 16.2 Å². The minimum Gasteiger partial charge on any atom is -0.478 e. The molecule has 5 nitrogen and oxygen atoms in total. The summed E-state index contributed by atoms with van der Waals surface area (Å²) in [6, 6.07) is 0. The number of nitrogens with zero attached hydrogens (tertiary/aromatic N) is 2. The summed E-state index contributed by atoms with van der Waals surface area (Å²) in [4.78, 5) is 14.8. The minimum atomic E-state index is -1.01. The van der Waals surface area contributed by atoms with Gasteiger partial charge in [-0.25, -0.2) is 9.78 Å². The van der Waals surface area contributed by atoms with E-state index in [9.17, 15) is 4.79 Å². The first kappa shape index (κ1) is 9.35. The van der Waals surface area contributed by atoms with Gasteiger partial charge >= 0.3 is 5.97 Å². The quantitative estimate of drug-likeness (QED) is 0.877. The number of carboxylic acids is 1. The summed E-state index contributed by atoms with van der Waals surface area (Å²) < 4.78 is 0.846. The van der Waals surface area contributed by atoms with Crippen LogP contribution >= 0.6 is 27.3 Å². The Morgan fingerprint density at radius 3 is 2.93 bits per heavy atom. The number of carbonyl (C=O) groups is 1. The molecule has 2 aromatic heterocycles. The highest BCUT2D eigenvalue weighted by atomic mass is 79.9. The van der Waals surface area contributed by atoms with Crippen LogP contribution in [0.15, 0.2) is 16.2 Å². The van der Waals surface area contributed by atoms with Crippen LogP contribution in [-0.2, 0) is 0 Å². The van der Waals surface area contributed by atoms with E-state index in [1.807, 2.05) is 0 Å². The molecule has 14 heavy (non-hydrogen) atoms. The first-order chi connectivity index (χ1) is 6.68. The van der Waals surface area contributed by atoms with Crippen molar-refractivity contribution in [2.24, 2.45) is 0 Å². The predicted octanol–water partition coefficient (Wildman–Crippen LogP) is 1.99. The summed E-state index contributed by atoms with van der Waals surface area (Å²) in [7, 11) is 0. The van der Waals surface area contributed by atoms with E-state index in [1.54, 1.807) is 6.20 Å². The van der Waals surface area contributed by atoms with Crippen LogP contribution in [0, 0.1) is 0 Å². The van der Waals surface area contributed by atoms with Gasteiger partial charge in [-0.1, -0.05) is 0 Å². The topological polar surface area (TPSA) is 78.9 Å². The smallest absolute Gasteiger partial charge is 0.339 e. The van der Waals surface area contributed by atoms with E-state index < -0.39 is 5.97 Å². The maximum Gasteiger partial charge on any atom is 0.339 e. The van der Waals surface area contributed by atoms with E-state index in [-0.39, 0.29) is 5.56 Å². The maximum absolute atomic E-state index is 10.8. The number of carboxylic acid groups (broad SMARTS) is 1. The fourth-order valence-electron chi connectivity index (χ4n) is 0.981. The van der Waals surface area contributed by atoms with Crippen LogP contribution in [0.1, 0.15) is 10.4 Å². The van der Waals surface area contributed by atoms with Gasteiger partial charge < -0.3 is 5.11 Å². The van der Waals surface area contributed by atoms with Crippen molar-refractivity contribution in [3.8, 4) is 10.7 Å². The Bertz CT molecular complexity index is 479. The third-order valence-electron chi connectivity index (χ3n) is 1.56. The Morgan fingerprint density at radius 2 is 2.36 bits per heavy atom. The fraction of sp³-hybridized carbons (Fsp3) is 0. The van der Waals surface area contributed by atoms with Crippen molar-refractivity contribution >= 4 is 33.2 Å². The Morgan fingerprint density at radius 1 is 1.57 bits per heavy atom. The molecule has 0 bridgehead atoms. The van der Waals surface area contributed by atoms with Crippen molar-refractivity contribution in [1.82, 2.24) is 15.2 Å². The SMILES string of the molecule is O=C(O)c1cn[nH]c1-c1ncc(Br)s1. The lowest BCUT2D eigenvalue weighted by atomic mass is 10.2. The van der Waals surface area contributed by atoms with Crippen LogP contribution in [0.4, 0.5) is 0 Å². The number of hydrogen-bond donors (Lipinski definition) is 2. The van der Waals surface area contributed by atoms with Crippen LogP contribution in [0.3, 0.4) is 0 Å². The Kier molecular flexibility index (Phi) is 2.34. The second-order valence-electron chi connectivity index (χ2n) is 2.43. The van der Waals surface area contributed by atoms with Crippen molar-refractivity contribution in [3.05, 3.63) is 21.7 Å². The summed E-state index contributed by atoms with van der Waals surface area (Å²) >= 11 is 4.60. The van der Waals surface area contributed by atoms with Gasteiger partial charge in [0.25, 0.3) is 0 Å². The molecule has 2 N–H and O–H groups in total. The van der Waals surface area contributed by atoms with E-state index in [4.69, 9.17) is 5.11 Å². The number of aromatic amines is 1. The summed E-state index contributed by atoms with van der Waals surface area (Å²) in [5, 5.41) is 15.7. The number of rotatable bonds is 2. The molecule has 0 atom stereocenters. The van der Waals surface area contributed by atoms with Crippen molar-refractivity contribution < 1.29 is 9.90 Å². The highest BCUT2D eigenvalue weighted by Crippen LogP contribution is 2.28. The molecule has 0 aliphatic carbocycles. The molecule has 7 heteroatoms. The maximum atomic E-state index is 10.8. The summed E-state index contributed by atoms with van der Waals surface area (Å²) in [5.41, 5.74) is 0.569. The van der Waals surface area contributed by atoms with Crippen molar-refractivity contribution in [2.75, 3.05) is 0 Å². The molecule has 0 saturated heterocycles. The van der Waals surface area contributed by atoms with Crippen LogP contribution in [0.2, 0.25) is 0 Å². The van der Waals surface area contributed by atoms with Gasteiger partial charge in [-0.05, 0) is 15.9 Å². The van der Waals surface area contributed by atoms with Gasteiger partial charge in [-0.2, -0.15) is 5.10 Å². The molecule has 0 unspecified atom stereocenters. The number of H-pyrrole nitrogens is 1. The number of nitrogens with one attached hydrogen (secondary N) is 1. The van der Waals surface area contributed by atoms with E-state index in [1.165, 1.54) is 17.5 Å². The zero-order valence-electron chi connectivity index (χ0n) is 6.69. The van der Waals surface area contributed by atoms with Crippen LogP contribution in [0.25, 0.3) is 10.7 Å². The highest BCUT2D eigenvalue weighted by molar-refractivity contribution is 9.11. The molecule has 2 heterocycles. The Labute approximate surface area is 90.9 Å². The first-order valence-electron chi connectivity index (χ1n) is 3.57. The molecule has 0 aliphatic heterocycles. The predicted molar refractivity (Wildman–Crippen MR) is 54.4 cm³/mol. The zero-order valence-corrected chi connectivity index (χ0v) is 9.09. The van der Waals surface area contributed by atoms with E-state index in [0.29, 0.717) is 10.7 Å². The molecule has 0 fully saturated rings. The van der Waals surface area contributed by atoms with Crippen molar-refractivity contribution in [2.45, 2.75) is 0 Å². The Balaban J connectivity index is 2.51. The molecular weight excluding hydrogens is 270 g/mol. The molecule has 2 aromatic rings. The highest BCUT2D eigenvalue weighted by Gasteiger charge is 2.16. The van der Waals surface area contributed by atoms with Gasteiger partial charge in [0.2, 0.25) is 0 Å². The van der Waals surface area contributed by atoms with Crippen LogP contribution in [0.5, 0.6) is 0 Å². The first-order valence-corrected chi connectivity index (χ1v) is 5.18. The average molecular weight is 274 g/mol. The lowest BCUT2D eigenvalue weighted by Gasteiger charge is -1.92. The third-order valence-corrected chi connectivity index (χ3v) is 3.05. The molecule has 0 amide bonds. The van der Waals surface area contributed by atoms with Crippen molar-refractivity contribution in [1.29, 1.82) is 0 Å². The fourth-order valence-corrected chi connectivity index (χ4v) is 2.20. The number of hydrogen-bond acceptors (Lipinski definition) is 4. The largest absolute Gasteiger partial charge is 0.478 e. The van der Waals surface area contributed by atoms with E-state index >= 15 is 0 Å². The van der Waals surface area contributed by atoms with Crippen molar-refractivity contribution in [3.63, 3.8) is 0 Å². The zero-order chi connectivity index (χ0) is 10.1. The normalized spacial score (nSPS) is 10.4. The van der Waals surface area contributed by atoms with Crippen LogP contribution in [-0.4, -0.2) is 26.3 Å². The van der Waals surface area contributed by atoms with Gasteiger partial charge in [0.1, 0.15) is 16.3 Å². The third kappa shape index (κ3) is 1.55. The second-order valence-corrected chi connectivity index (χ2v) is 4.84. The summed E-state index contributed by atoms with van der Waals surface area (Å²) in [5.74, 6) is -1.01. The number of halogens is 1. The van der Waals surface area contributed by atoms with Gasteiger partial charge in [0.15, 0.2) is 0 Å². The molecular formula is C7H4BrN3O2S. The molecule has 0 saturated carbocycles. The standard InChI is InChI=1S/C7H4BrN3O2S/c8-4-2-9-6(14-4)5-3(7(12)13)1-10-11-5/h1-2H,(H,10,11)(H,12,13). The summed E-state index contributed by atoms with van der Waals surface area (Å²) in [6.07, 6.45) is 2.89. The van der Waals surface area contributed by atoms with Crippen LogP contribution < -0.4 is 0 Å². The lowest BCUT2D eigenvalue weighted by Crippen LogP contribution is -1.96. The molecule has 0 spiro atoms.